The second-order valence-electron chi connectivity index (χ2n) is 4.01. The summed E-state index contributed by atoms with van der Waals surface area (Å²) < 4.78 is 27.9. The third-order valence-electron chi connectivity index (χ3n) is 2.62. The smallest absolute Gasteiger partial charge is 0.147 e. The van der Waals surface area contributed by atoms with Crippen LogP contribution in [0.3, 0.4) is 0 Å². The van der Waals surface area contributed by atoms with E-state index in [0.717, 1.165) is 16.6 Å². The molecule has 96 valence electrons. The number of hydrogen-bond donors (Lipinski definition) is 1. The van der Waals surface area contributed by atoms with Crippen molar-refractivity contribution in [3.63, 3.8) is 0 Å². The number of nitrogens with zero attached hydrogens (tertiary/aromatic N) is 1. The first-order valence-corrected chi connectivity index (χ1v) is 6.23. The third kappa shape index (κ3) is 2.91. The van der Waals surface area contributed by atoms with Crippen LogP contribution in [-0.2, 0) is 0 Å². The van der Waals surface area contributed by atoms with Crippen LogP contribution in [0.25, 0.3) is 0 Å². The van der Waals surface area contributed by atoms with E-state index in [0.29, 0.717) is 11.3 Å². The van der Waals surface area contributed by atoms with Crippen molar-refractivity contribution in [2.75, 3.05) is 5.32 Å². The molecule has 0 aliphatic rings. The molecule has 0 amide bonds. The SMILES string of the molecule is Cc1cc(F)c(Nc2cc(Br)ccc2C#N)cc1F. The second-order valence-corrected chi connectivity index (χ2v) is 4.92. The molecule has 0 spiro atoms. The van der Waals surface area contributed by atoms with E-state index in [2.05, 4.69) is 21.2 Å². The van der Waals surface area contributed by atoms with Crippen molar-refractivity contribution in [3.05, 3.63) is 57.6 Å². The van der Waals surface area contributed by atoms with Crippen LogP contribution in [0.15, 0.2) is 34.8 Å². The van der Waals surface area contributed by atoms with Crippen molar-refractivity contribution in [1.82, 2.24) is 0 Å². The van der Waals surface area contributed by atoms with Gasteiger partial charge in [-0.3, -0.25) is 0 Å². The van der Waals surface area contributed by atoms with Gasteiger partial charge in [0, 0.05) is 10.5 Å². The molecule has 2 aromatic rings. The van der Waals surface area contributed by atoms with Crippen LogP contribution in [0.2, 0.25) is 0 Å². The number of nitrogens with one attached hydrogen (secondary N) is 1. The monoisotopic (exact) mass is 322 g/mol. The number of nitriles is 1. The zero-order valence-corrected chi connectivity index (χ0v) is 11.6. The van der Waals surface area contributed by atoms with Crippen molar-refractivity contribution >= 4 is 27.3 Å². The van der Waals surface area contributed by atoms with Gasteiger partial charge in [0.15, 0.2) is 0 Å². The van der Waals surface area contributed by atoms with Crippen LogP contribution in [0.4, 0.5) is 20.2 Å². The number of aryl methyl sites for hydroxylation is 1. The fraction of sp³-hybridized carbons (Fsp3) is 0.0714. The fourth-order valence-corrected chi connectivity index (χ4v) is 1.97. The van der Waals surface area contributed by atoms with E-state index in [1.807, 2.05) is 6.07 Å². The molecule has 19 heavy (non-hydrogen) atoms. The highest BCUT2D eigenvalue weighted by Crippen LogP contribution is 2.27. The number of anilines is 2. The molecule has 1 N–H and O–H groups in total. The predicted octanol–water partition coefficient (Wildman–Crippen LogP) is 4.65. The minimum atomic E-state index is -0.567. The molecule has 0 aromatic heterocycles. The zero-order chi connectivity index (χ0) is 14.0. The highest BCUT2D eigenvalue weighted by molar-refractivity contribution is 9.10. The highest BCUT2D eigenvalue weighted by Gasteiger charge is 2.10. The summed E-state index contributed by atoms with van der Waals surface area (Å²) in [5.74, 6) is -1.07. The summed E-state index contributed by atoms with van der Waals surface area (Å²) in [6.45, 7) is 1.49. The molecule has 0 aliphatic carbocycles. The van der Waals surface area contributed by atoms with E-state index < -0.39 is 11.6 Å². The van der Waals surface area contributed by atoms with Crippen LogP contribution < -0.4 is 5.32 Å². The molecule has 0 saturated heterocycles. The molecule has 2 rings (SSSR count). The lowest BCUT2D eigenvalue weighted by molar-refractivity contribution is 0.595. The van der Waals surface area contributed by atoms with E-state index in [4.69, 9.17) is 5.26 Å². The number of hydrogen-bond acceptors (Lipinski definition) is 2. The Hall–Kier alpha value is -1.93. The second kappa shape index (κ2) is 5.37. The first kappa shape index (κ1) is 13.5. The Morgan fingerprint density at radius 2 is 1.84 bits per heavy atom. The summed E-state index contributed by atoms with van der Waals surface area (Å²) in [4.78, 5) is 0. The van der Waals surface area contributed by atoms with Crippen LogP contribution >= 0.6 is 15.9 Å². The molecule has 0 heterocycles. The van der Waals surface area contributed by atoms with Gasteiger partial charge >= 0.3 is 0 Å². The van der Waals surface area contributed by atoms with E-state index in [-0.39, 0.29) is 11.3 Å². The van der Waals surface area contributed by atoms with E-state index in [1.54, 1.807) is 18.2 Å². The molecule has 0 fully saturated rings. The van der Waals surface area contributed by atoms with Gasteiger partial charge in [-0.05, 0) is 36.8 Å². The molecule has 0 bridgehead atoms. The number of benzene rings is 2. The van der Waals surface area contributed by atoms with Crippen LogP contribution in [-0.4, -0.2) is 0 Å². The maximum absolute atomic E-state index is 13.7. The molecule has 5 heteroatoms. The normalized spacial score (nSPS) is 10.1. The molecule has 0 saturated carbocycles. The molecule has 0 atom stereocenters. The van der Waals surface area contributed by atoms with E-state index in [1.165, 1.54) is 6.92 Å². The van der Waals surface area contributed by atoms with Crippen LogP contribution in [0.5, 0.6) is 0 Å². The third-order valence-corrected chi connectivity index (χ3v) is 3.11. The largest absolute Gasteiger partial charge is 0.352 e. The van der Waals surface area contributed by atoms with Crippen molar-refractivity contribution in [1.29, 1.82) is 5.26 Å². The maximum Gasteiger partial charge on any atom is 0.147 e. The van der Waals surface area contributed by atoms with Crippen LogP contribution in [0, 0.1) is 29.9 Å². The van der Waals surface area contributed by atoms with Gasteiger partial charge < -0.3 is 5.32 Å². The average Bonchev–Trinajstić information content (AvgIpc) is 2.36. The Morgan fingerprint density at radius 3 is 2.53 bits per heavy atom. The lowest BCUT2D eigenvalue weighted by atomic mass is 10.1. The van der Waals surface area contributed by atoms with E-state index in [9.17, 15) is 8.78 Å². The van der Waals surface area contributed by atoms with Gasteiger partial charge in [-0.15, -0.1) is 0 Å². The fourth-order valence-electron chi connectivity index (χ4n) is 1.60. The average molecular weight is 323 g/mol. The van der Waals surface area contributed by atoms with Crippen LogP contribution in [0.1, 0.15) is 11.1 Å². The molecule has 0 aliphatic heterocycles. The van der Waals surface area contributed by atoms with Gasteiger partial charge in [0.1, 0.15) is 17.7 Å². The Bertz CT molecular complexity index is 678. The minimum Gasteiger partial charge on any atom is -0.352 e. The van der Waals surface area contributed by atoms with Gasteiger partial charge in [0.05, 0.1) is 16.9 Å². The van der Waals surface area contributed by atoms with Gasteiger partial charge in [0.25, 0.3) is 0 Å². The zero-order valence-electron chi connectivity index (χ0n) is 9.97. The Kier molecular flexibility index (Phi) is 3.82. The number of halogens is 3. The van der Waals surface area contributed by atoms with Gasteiger partial charge in [-0.25, -0.2) is 8.78 Å². The van der Waals surface area contributed by atoms with Gasteiger partial charge in [0.2, 0.25) is 0 Å². The Labute approximate surface area is 117 Å². The summed E-state index contributed by atoms with van der Waals surface area (Å²) in [6.07, 6.45) is 0. The summed E-state index contributed by atoms with van der Waals surface area (Å²) in [5.41, 5.74) is 0.998. The first-order chi connectivity index (χ1) is 9.01. The standard InChI is InChI=1S/C14H9BrF2N2/c1-8-4-12(17)14(6-11(8)16)19-13-5-10(15)3-2-9(13)7-18/h2-6,19H,1H3. The number of rotatable bonds is 2. The molecule has 0 radical (unpaired) electrons. The molecule has 2 nitrogen and oxygen atoms in total. The van der Waals surface area contributed by atoms with Crippen molar-refractivity contribution in [2.24, 2.45) is 0 Å². The quantitative estimate of drug-likeness (QED) is 0.873. The predicted molar refractivity (Wildman–Crippen MR) is 73.2 cm³/mol. The Balaban J connectivity index is 2.45. The summed E-state index contributed by atoms with van der Waals surface area (Å²) >= 11 is 3.27. The lowest BCUT2D eigenvalue weighted by Crippen LogP contribution is -1.98. The molecule has 2 aromatic carbocycles. The summed E-state index contributed by atoms with van der Waals surface area (Å²) in [7, 11) is 0. The van der Waals surface area contributed by atoms with Gasteiger partial charge in [-0.2, -0.15) is 5.26 Å². The summed E-state index contributed by atoms with van der Waals surface area (Å²) in [5, 5.41) is 11.7. The minimum absolute atomic E-state index is 0.00213. The van der Waals surface area contributed by atoms with Crippen molar-refractivity contribution < 1.29 is 8.78 Å². The molecule has 0 unspecified atom stereocenters. The lowest BCUT2D eigenvalue weighted by Gasteiger charge is -2.10. The maximum atomic E-state index is 13.7. The topological polar surface area (TPSA) is 35.8 Å². The summed E-state index contributed by atoms with van der Waals surface area (Å²) in [6, 6.07) is 9.11. The van der Waals surface area contributed by atoms with Crippen molar-refractivity contribution in [3.8, 4) is 6.07 Å². The first-order valence-electron chi connectivity index (χ1n) is 5.43. The molecular formula is C14H9BrF2N2. The highest BCUT2D eigenvalue weighted by atomic mass is 79.9. The molecular weight excluding hydrogens is 314 g/mol. The van der Waals surface area contributed by atoms with Crippen molar-refractivity contribution in [2.45, 2.75) is 6.92 Å². The van der Waals surface area contributed by atoms with E-state index >= 15 is 0 Å². The Morgan fingerprint density at radius 1 is 1.11 bits per heavy atom. The van der Waals surface area contributed by atoms with Gasteiger partial charge in [-0.1, -0.05) is 15.9 Å².